The van der Waals surface area contributed by atoms with Gasteiger partial charge in [-0.15, -0.1) is 0 Å². The summed E-state index contributed by atoms with van der Waals surface area (Å²) in [5, 5.41) is 16.6. The summed E-state index contributed by atoms with van der Waals surface area (Å²) in [6, 6.07) is 10.1. The summed E-state index contributed by atoms with van der Waals surface area (Å²) in [6.07, 6.45) is 4.81. The lowest BCUT2D eigenvalue weighted by atomic mass is 10.1. The molecule has 8 nitrogen and oxygen atoms in total. The number of aliphatic hydroxyl groups is 1. The predicted octanol–water partition coefficient (Wildman–Crippen LogP) is 1.74. The van der Waals surface area contributed by atoms with E-state index in [1.54, 1.807) is 6.33 Å². The van der Waals surface area contributed by atoms with E-state index in [1.165, 1.54) is 0 Å². The number of rotatable bonds is 4. The van der Waals surface area contributed by atoms with E-state index in [0.717, 1.165) is 40.8 Å². The van der Waals surface area contributed by atoms with E-state index < -0.39 is 0 Å². The zero-order chi connectivity index (χ0) is 18.4. The van der Waals surface area contributed by atoms with Gasteiger partial charge < -0.3 is 20.1 Å². The number of anilines is 1. The maximum absolute atomic E-state index is 9.36. The van der Waals surface area contributed by atoms with Crippen LogP contribution in [0.1, 0.15) is 30.2 Å². The Morgan fingerprint density at radius 3 is 2.81 bits per heavy atom. The summed E-state index contributed by atoms with van der Waals surface area (Å²) in [5.41, 5.74) is 8.99. The molecule has 8 heteroatoms. The van der Waals surface area contributed by atoms with Crippen molar-refractivity contribution in [2.24, 2.45) is 10.8 Å². The Labute approximate surface area is 155 Å². The number of benzene rings is 1. The zero-order valence-corrected chi connectivity index (χ0v) is 14.7. The Morgan fingerprint density at radius 2 is 2.04 bits per heavy atom. The van der Waals surface area contributed by atoms with Gasteiger partial charge in [-0.25, -0.2) is 15.0 Å². The monoisotopic (exact) mass is 364 g/mol. The van der Waals surface area contributed by atoms with Crippen molar-refractivity contribution in [1.29, 1.82) is 0 Å². The van der Waals surface area contributed by atoms with E-state index in [1.807, 2.05) is 46.1 Å². The van der Waals surface area contributed by atoms with E-state index in [9.17, 15) is 5.11 Å². The highest BCUT2D eigenvalue weighted by Gasteiger charge is 2.31. The molecule has 0 radical (unpaired) electrons. The number of amidine groups is 1. The fraction of sp³-hybridized carbons (Fsp3) is 0.316. The third-order valence-corrected chi connectivity index (χ3v) is 5.11. The van der Waals surface area contributed by atoms with E-state index >= 15 is 0 Å². The lowest BCUT2D eigenvalue weighted by Gasteiger charge is -2.23. The van der Waals surface area contributed by atoms with Gasteiger partial charge in [0.05, 0.1) is 24.6 Å². The van der Waals surface area contributed by atoms with Crippen LogP contribution in [0.5, 0.6) is 0 Å². The number of aliphatic hydroxyl groups excluding tert-OH is 1. The fourth-order valence-corrected chi connectivity index (χ4v) is 3.80. The molecule has 2 aromatic heterocycles. The fourth-order valence-electron chi connectivity index (χ4n) is 3.80. The summed E-state index contributed by atoms with van der Waals surface area (Å²) in [7, 11) is 0. The van der Waals surface area contributed by atoms with Crippen LogP contribution in [-0.2, 0) is 11.3 Å². The first-order valence-electron chi connectivity index (χ1n) is 9.02. The molecule has 4 heterocycles. The molecule has 3 N–H and O–H groups in total. The first-order valence-corrected chi connectivity index (χ1v) is 9.02. The molecule has 2 atom stereocenters. The van der Waals surface area contributed by atoms with Gasteiger partial charge in [-0.2, -0.15) is 5.10 Å². The van der Waals surface area contributed by atoms with Gasteiger partial charge in [0.2, 0.25) is 0 Å². The first kappa shape index (κ1) is 16.2. The van der Waals surface area contributed by atoms with Gasteiger partial charge in [0, 0.05) is 11.8 Å². The summed E-state index contributed by atoms with van der Waals surface area (Å²) >= 11 is 0. The second kappa shape index (κ2) is 6.33. The molecular weight excluding hydrogens is 344 g/mol. The lowest BCUT2D eigenvalue weighted by Crippen LogP contribution is -2.27. The summed E-state index contributed by atoms with van der Waals surface area (Å²) < 4.78 is 7.92. The highest BCUT2D eigenvalue weighted by molar-refractivity contribution is 6.13. The van der Waals surface area contributed by atoms with Crippen molar-refractivity contribution in [3.8, 4) is 0 Å². The molecule has 0 saturated carbocycles. The van der Waals surface area contributed by atoms with Crippen molar-refractivity contribution in [1.82, 2.24) is 14.5 Å². The molecular formula is C19H20N6O2. The van der Waals surface area contributed by atoms with Gasteiger partial charge in [-0.3, -0.25) is 0 Å². The quantitative estimate of drug-likeness (QED) is 0.731. The molecule has 27 heavy (non-hydrogen) atoms. The minimum Gasteiger partial charge on any atom is -0.394 e. The number of aromatic nitrogens is 3. The van der Waals surface area contributed by atoms with Crippen molar-refractivity contribution in [3.63, 3.8) is 0 Å². The van der Waals surface area contributed by atoms with E-state index in [2.05, 4.69) is 15.1 Å². The molecule has 138 valence electrons. The van der Waals surface area contributed by atoms with E-state index in [-0.39, 0.29) is 18.9 Å². The number of ether oxygens (including phenoxy) is 1. The molecule has 0 bridgehead atoms. The molecule has 1 saturated heterocycles. The Bertz CT molecular complexity index is 1020. The minimum atomic E-state index is -0.172. The number of nitrogens with two attached hydrogens (primary N) is 1. The van der Waals surface area contributed by atoms with Crippen LogP contribution in [0, 0.1) is 0 Å². The molecule has 1 aromatic carbocycles. The smallest absolute Gasteiger partial charge is 0.162 e. The highest BCUT2D eigenvalue weighted by atomic mass is 16.5. The molecule has 2 aliphatic heterocycles. The summed E-state index contributed by atoms with van der Waals surface area (Å²) in [6.45, 7) is 0.599. The van der Waals surface area contributed by atoms with Gasteiger partial charge in [-0.05, 0) is 18.4 Å². The van der Waals surface area contributed by atoms with Gasteiger partial charge in [0.15, 0.2) is 11.7 Å². The van der Waals surface area contributed by atoms with Crippen LogP contribution in [0.25, 0.3) is 11.0 Å². The number of hydrazone groups is 1. The van der Waals surface area contributed by atoms with Gasteiger partial charge in [0.25, 0.3) is 0 Å². The molecule has 0 amide bonds. The van der Waals surface area contributed by atoms with Crippen LogP contribution in [0.3, 0.4) is 0 Å². The standard InChI is InChI=1S/C19H20N6O2/c20-17-14-9-24(15-7-6-13(10-26)27-15)18-16(14)19(22-11-21-18)25(23-17)8-12-4-2-1-3-5-12/h1-5,9,11,13,15,26H,6-8,10H2,(H2,20,23). The maximum atomic E-state index is 9.36. The second-order valence-electron chi connectivity index (χ2n) is 6.85. The summed E-state index contributed by atoms with van der Waals surface area (Å²) in [4.78, 5) is 8.97. The molecule has 2 aliphatic rings. The maximum Gasteiger partial charge on any atom is 0.162 e. The van der Waals surface area contributed by atoms with Crippen LogP contribution in [-0.4, -0.2) is 38.2 Å². The Balaban J connectivity index is 1.58. The average molecular weight is 364 g/mol. The predicted molar refractivity (Wildman–Crippen MR) is 101 cm³/mol. The van der Waals surface area contributed by atoms with Crippen molar-refractivity contribution >= 4 is 22.7 Å². The number of hydrogen-bond donors (Lipinski definition) is 2. The normalized spacial score (nSPS) is 21.7. The largest absolute Gasteiger partial charge is 0.394 e. The van der Waals surface area contributed by atoms with Crippen LogP contribution < -0.4 is 10.7 Å². The number of nitrogens with zero attached hydrogens (tertiary/aromatic N) is 5. The van der Waals surface area contributed by atoms with Crippen LogP contribution in [0.4, 0.5) is 5.82 Å². The number of hydrogen-bond acceptors (Lipinski definition) is 7. The SMILES string of the molecule is NC1=NN(Cc2ccccc2)c2ncnc3c2c1cn3C1CCC(CO)O1. The Morgan fingerprint density at radius 1 is 1.19 bits per heavy atom. The molecule has 1 fully saturated rings. The van der Waals surface area contributed by atoms with Crippen molar-refractivity contribution in [3.05, 3.63) is 54.0 Å². The first-order chi connectivity index (χ1) is 13.2. The third kappa shape index (κ3) is 2.65. The van der Waals surface area contributed by atoms with Crippen molar-refractivity contribution in [2.45, 2.75) is 31.7 Å². The van der Waals surface area contributed by atoms with E-state index in [4.69, 9.17) is 10.5 Å². The molecule has 5 rings (SSSR count). The molecule has 2 unspecified atom stereocenters. The third-order valence-electron chi connectivity index (χ3n) is 5.11. The van der Waals surface area contributed by atoms with Crippen LogP contribution >= 0.6 is 0 Å². The topological polar surface area (TPSA) is 102 Å². The molecule has 0 aliphatic carbocycles. The van der Waals surface area contributed by atoms with Crippen LogP contribution in [0.2, 0.25) is 0 Å². The molecule has 3 aromatic rings. The van der Waals surface area contributed by atoms with Crippen molar-refractivity contribution in [2.75, 3.05) is 11.6 Å². The zero-order valence-electron chi connectivity index (χ0n) is 14.7. The van der Waals surface area contributed by atoms with Crippen LogP contribution in [0.15, 0.2) is 48.0 Å². The average Bonchev–Trinajstić information content (AvgIpc) is 3.32. The van der Waals surface area contributed by atoms with Gasteiger partial charge in [-0.1, -0.05) is 30.3 Å². The Hall–Kier alpha value is -2.97. The van der Waals surface area contributed by atoms with E-state index in [0.29, 0.717) is 12.4 Å². The lowest BCUT2D eigenvalue weighted by molar-refractivity contribution is -0.0204. The summed E-state index contributed by atoms with van der Waals surface area (Å²) in [5.74, 6) is 1.18. The van der Waals surface area contributed by atoms with Crippen molar-refractivity contribution < 1.29 is 9.84 Å². The minimum absolute atomic E-state index is 0.0250. The Kier molecular flexibility index (Phi) is 3.80. The van der Waals surface area contributed by atoms with Gasteiger partial charge in [0.1, 0.15) is 18.2 Å². The molecule has 0 spiro atoms. The second-order valence-corrected chi connectivity index (χ2v) is 6.85. The van der Waals surface area contributed by atoms with Gasteiger partial charge >= 0.3 is 0 Å². The highest BCUT2D eigenvalue weighted by Crippen LogP contribution is 2.37.